The van der Waals surface area contributed by atoms with E-state index in [9.17, 15) is 0 Å². The van der Waals surface area contributed by atoms with E-state index < -0.39 is 0 Å². The number of aliphatic hydroxyl groups excluding tert-OH is 1. The fourth-order valence-electron chi connectivity index (χ4n) is 2.33. The lowest BCUT2D eigenvalue weighted by molar-refractivity contribution is 0.438. The molecule has 0 aliphatic carbocycles. The Bertz CT molecular complexity index is 163. The summed E-state index contributed by atoms with van der Waals surface area (Å²) in [4.78, 5) is 0. The first kappa shape index (κ1) is 17.5. The van der Waals surface area contributed by atoms with Crippen molar-refractivity contribution in [3.8, 4) is 0 Å². The van der Waals surface area contributed by atoms with Crippen molar-refractivity contribution < 1.29 is 5.11 Å². The van der Waals surface area contributed by atoms with Crippen molar-refractivity contribution in [1.29, 1.82) is 0 Å². The van der Waals surface area contributed by atoms with Gasteiger partial charge in [0.2, 0.25) is 0 Å². The van der Waals surface area contributed by atoms with E-state index in [0.717, 1.165) is 6.42 Å². The van der Waals surface area contributed by atoms with Gasteiger partial charge in [-0.3, -0.25) is 0 Å². The monoisotopic (exact) mass is 253 g/mol. The van der Waals surface area contributed by atoms with Crippen LogP contribution in [0.3, 0.4) is 0 Å². The van der Waals surface area contributed by atoms with Gasteiger partial charge in [-0.1, -0.05) is 84.0 Å². The maximum atomic E-state index is 8.35. The molecule has 0 aromatic carbocycles. The molecule has 18 heavy (non-hydrogen) atoms. The van der Waals surface area contributed by atoms with Crippen molar-refractivity contribution in [2.75, 3.05) is 0 Å². The van der Waals surface area contributed by atoms with Gasteiger partial charge in [-0.15, -0.1) is 0 Å². The van der Waals surface area contributed by atoms with E-state index in [1.54, 1.807) is 6.08 Å². The van der Waals surface area contributed by atoms with Crippen molar-refractivity contribution in [2.24, 2.45) is 0 Å². The van der Waals surface area contributed by atoms with E-state index in [1.807, 2.05) is 0 Å². The first-order chi connectivity index (χ1) is 8.91. The summed E-state index contributed by atoms with van der Waals surface area (Å²) < 4.78 is 0. The lowest BCUT2D eigenvalue weighted by Crippen LogP contribution is -1.82. The molecule has 0 atom stereocenters. The van der Waals surface area contributed by atoms with Crippen LogP contribution in [0.25, 0.3) is 0 Å². The van der Waals surface area contributed by atoms with Crippen molar-refractivity contribution in [2.45, 2.75) is 96.8 Å². The van der Waals surface area contributed by atoms with Crippen molar-refractivity contribution in [1.82, 2.24) is 0 Å². The summed E-state index contributed by atoms with van der Waals surface area (Å²) in [6.07, 6.45) is 22.9. The van der Waals surface area contributed by atoms with Gasteiger partial charge in [-0.05, 0) is 18.9 Å². The zero-order chi connectivity index (χ0) is 13.3. The molecule has 1 heteroatoms. The SMILES string of the molecule is CCCCCCCCCCCCCCC/C=[C]\O. The van der Waals surface area contributed by atoms with Crippen LogP contribution in [0.2, 0.25) is 0 Å². The lowest BCUT2D eigenvalue weighted by atomic mass is 10.0. The zero-order valence-corrected chi connectivity index (χ0v) is 12.4. The quantitative estimate of drug-likeness (QED) is 0.283. The second-order valence-corrected chi connectivity index (χ2v) is 5.36. The van der Waals surface area contributed by atoms with Crippen LogP contribution in [0.1, 0.15) is 96.8 Å². The number of allylic oxidation sites excluding steroid dienone is 1. The summed E-state index contributed by atoms with van der Waals surface area (Å²) in [5, 5.41) is 8.35. The molecule has 0 aliphatic heterocycles. The molecule has 1 N–H and O–H groups in total. The van der Waals surface area contributed by atoms with Crippen LogP contribution in [0.15, 0.2) is 6.08 Å². The second-order valence-electron chi connectivity index (χ2n) is 5.36. The molecule has 107 valence electrons. The highest BCUT2D eigenvalue weighted by Crippen LogP contribution is 2.12. The summed E-state index contributed by atoms with van der Waals surface area (Å²) in [6.45, 7) is 2.28. The molecule has 1 radical (unpaired) electrons. The summed E-state index contributed by atoms with van der Waals surface area (Å²) >= 11 is 0. The standard InChI is InChI=1S/C17H33O/c1-2-3-4-5-6-7-8-9-10-11-12-13-14-15-16-17-18/h16,18H,2-15H2,1H3. The molecule has 0 aliphatic rings. The molecule has 0 rings (SSSR count). The molecule has 0 amide bonds. The Morgan fingerprint density at radius 2 is 1.06 bits per heavy atom. The highest BCUT2D eigenvalue weighted by atomic mass is 16.2. The number of unbranched alkanes of at least 4 members (excludes halogenated alkanes) is 13. The average molecular weight is 253 g/mol. The van der Waals surface area contributed by atoms with Gasteiger partial charge in [0.15, 0.2) is 6.26 Å². The maximum absolute atomic E-state index is 8.35. The summed E-state index contributed by atoms with van der Waals surface area (Å²) in [5.41, 5.74) is 0. The molecular formula is C17H33O. The van der Waals surface area contributed by atoms with Crippen LogP contribution in [0.5, 0.6) is 0 Å². The fourth-order valence-corrected chi connectivity index (χ4v) is 2.33. The first-order valence-corrected chi connectivity index (χ1v) is 8.13. The molecular weight excluding hydrogens is 220 g/mol. The molecule has 0 aromatic rings. The van der Waals surface area contributed by atoms with Gasteiger partial charge < -0.3 is 5.11 Å². The predicted molar refractivity (Wildman–Crippen MR) is 80.8 cm³/mol. The summed E-state index contributed by atoms with van der Waals surface area (Å²) in [7, 11) is 0. The van der Waals surface area contributed by atoms with Gasteiger partial charge in [0.1, 0.15) is 0 Å². The van der Waals surface area contributed by atoms with E-state index in [4.69, 9.17) is 5.11 Å². The summed E-state index contributed by atoms with van der Waals surface area (Å²) in [6, 6.07) is 0. The van der Waals surface area contributed by atoms with Crippen LogP contribution in [-0.4, -0.2) is 5.11 Å². The van der Waals surface area contributed by atoms with Gasteiger partial charge in [0.05, 0.1) is 0 Å². The average Bonchev–Trinajstić information content (AvgIpc) is 2.39. The predicted octanol–water partition coefficient (Wildman–Crippen LogP) is 6.34. The van der Waals surface area contributed by atoms with Crippen LogP contribution in [0.4, 0.5) is 0 Å². The second kappa shape index (κ2) is 16.5. The van der Waals surface area contributed by atoms with Crippen LogP contribution < -0.4 is 0 Å². The Balaban J connectivity index is 2.90. The molecule has 0 saturated carbocycles. The molecule has 0 saturated heterocycles. The number of hydrogen-bond donors (Lipinski definition) is 1. The number of aliphatic hydroxyl groups is 1. The van der Waals surface area contributed by atoms with Gasteiger partial charge >= 0.3 is 0 Å². The third-order valence-electron chi connectivity index (χ3n) is 3.54. The van der Waals surface area contributed by atoms with Gasteiger partial charge in [0.25, 0.3) is 0 Å². The van der Waals surface area contributed by atoms with E-state index in [-0.39, 0.29) is 0 Å². The smallest absolute Gasteiger partial charge is 0.152 e. The van der Waals surface area contributed by atoms with Crippen molar-refractivity contribution >= 4 is 0 Å². The largest absolute Gasteiger partial charge is 0.504 e. The van der Waals surface area contributed by atoms with Crippen molar-refractivity contribution in [3.05, 3.63) is 12.3 Å². The number of rotatable bonds is 14. The highest BCUT2D eigenvalue weighted by molar-refractivity contribution is 4.65. The molecule has 0 heterocycles. The Morgan fingerprint density at radius 1 is 0.667 bits per heavy atom. The van der Waals surface area contributed by atoms with E-state index >= 15 is 0 Å². The molecule has 0 bridgehead atoms. The molecule has 0 aromatic heterocycles. The van der Waals surface area contributed by atoms with Crippen LogP contribution in [0, 0.1) is 6.26 Å². The van der Waals surface area contributed by atoms with E-state index in [0.29, 0.717) is 0 Å². The molecule has 1 nitrogen and oxygen atoms in total. The van der Waals surface area contributed by atoms with Gasteiger partial charge in [-0.25, -0.2) is 0 Å². The minimum absolute atomic E-state index is 0.980. The Morgan fingerprint density at radius 3 is 1.44 bits per heavy atom. The Hall–Kier alpha value is -0.460. The highest BCUT2D eigenvalue weighted by Gasteiger charge is 1.93. The summed E-state index contributed by atoms with van der Waals surface area (Å²) in [5.74, 6) is 0. The van der Waals surface area contributed by atoms with Crippen LogP contribution in [-0.2, 0) is 0 Å². The molecule has 0 spiro atoms. The number of hydrogen-bond acceptors (Lipinski definition) is 1. The van der Waals surface area contributed by atoms with Gasteiger partial charge in [-0.2, -0.15) is 0 Å². The van der Waals surface area contributed by atoms with Crippen molar-refractivity contribution in [3.63, 3.8) is 0 Å². The third kappa shape index (κ3) is 15.5. The fraction of sp³-hybridized carbons (Fsp3) is 0.882. The zero-order valence-electron chi connectivity index (χ0n) is 12.4. The van der Waals surface area contributed by atoms with Crippen LogP contribution >= 0.6 is 0 Å². The lowest BCUT2D eigenvalue weighted by Gasteiger charge is -2.02. The topological polar surface area (TPSA) is 20.2 Å². The molecule has 0 unspecified atom stereocenters. The minimum atomic E-state index is 0.980. The Kier molecular flexibility index (Phi) is 16.1. The first-order valence-electron chi connectivity index (χ1n) is 8.13. The minimum Gasteiger partial charge on any atom is -0.504 e. The van der Waals surface area contributed by atoms with Gasteiger partial charge in [0, 0.05) is 0 Å². The normalized spacial score (nSPS) is 11.4. The maximum Gasteiger partial charge on any atom is 0.152 e. The Labute approximate surface area is 115 Å². The van der Waals surface area contributed by atoms with E-state index in [1.165, 1.54) is 83.5 Å². The van der Waals surface area contributed by atoms with E-state index in [2.05, 4.69) is 13.2 Å². The molecule has 0 fully saturated rings. The third-order valence-corrected chi connectivity index (χ3v) is 3.54.